The first kappa shape index (κ1) is 23.6. The molecule has 1 saturated heterocycles. The number of hydrogen-bond acceptors (Lipinski definition) is 5. The highest BCUT2D eigenvalue weighted by atomic mass is 35.5. The number of ketones is 1. The van der Waals surface area contributed by atoms with Gasteiger partial charge in [-0.3, -0.25) is 9.59 Å². The number of nitrogens with one attached hydrogen (secondary N) is 1. The monoisotopic (exact) mass is 458 g/mol. The van der Waals surface area contributed by atoms with E-state index in [9.17, 15) is 14.7 Å². The van der Waals surface area contributed by atoms with Gasteiger partial charge in [0, 0.05) is 18.5 Å². The summed E-state index contributed by atoms with van der Waals surface area (Å²) in [6, 6.07) is 10.8. The van der Waals surface area contributed by atoms with Crippen LogP contribution in [0.15, 0.2) is 48.0 Å². The molecule has 0 spiro atoms. The smallest absolute Gasteiger partial charge is 0.295 e. The summed E-state index contributed by atoms with van der Waals surface area (Å²) in [5.74, 6) is -0.992. The molecule has 2 aromatic carbocycles. The summed E-state index contributed by atoms with van der Waals surface area (Å²) in [7, 11) is 7.05. The van der Waals surface area contributed by atoms with Gasteiger partial charge in [0.2, 0.25) is 5.78 Å². The van der Waals surface area contributed by atoms with Crippen molar-refractivity contribution in [2.24, 2.45) is 0 Å². The third-order valence-electron chi connectivity index (χ3n) is 5.43. The molecule has 3 rings (SSSR count). The van der Waals surface area contributed by atoms with E-state index in [1.165, 1.54) is 30.1 Å². The van der Waals surface area contributed by atoms with Gasteiger partial charge < -0.3 is 24.4 Å². The number of benzene rings is 2. The second kappa shape index (κ2) is 10.1. The van der Waals surface area contributed by atoms with Crippen molar-refractivity contribution in [1.82, 2.24) is 4.90 Å². The highest BCUT2D eigenvalue weighted by molar-refractivity contribution is 6.46. The molecule has 0 aliphatic carbocycles. The number of carbonyl (C=O) groups excluding carboxylic acids is 2. The van der Waals surface area contributed by atoms with E-state index in [-0.39, 0.29) is 16.2 Å². The molecule has 32 heavy (non-hydrogen) atoms. The van der Waals surface area contributed by atoms with Crippen LogP contribution >= 0.6 is 11.6 Å². The van der Waals surface area contributed by atoms with Gasteiger partial charge in [-0.25, -0.2) is 0 Å². The first-order chi connectivity index (χ1) is 15.3. The molecule has 8 heteroatoms. The van der Waals surface area contributed by atoms with Gasteiger partial charge in [0.15, 0.2) is 0 Å². The normalized spacial score (nSPS) is 17.8. The number of halogens is 1. The van der Waals surface area contributed by atoms with Crippen molar-refractivity contribution < 1.29 is 29.1 Å². The number of quaternary nitrogens is 1. The molecule has 0 aromatic heterocycles. The number of amides is 1. The Kier molecular flexibility index (Phi) is 7.43. The summed E-state index contributed by atoms with van der Waals surface area (Å²) in [5, 5.41) is 13.7. The Hall–Kier alpha value is -3.03. The highest BCUT2D eigenvalue weighted by Crippen LogP contribution is 2.40. The van der Waals surface area contributed by atoms with Crippen molar-refractivity contribution in [2.45, 2.75) is 12.5 Å². The van der Waals surface area contributed by atoms with Gasteiger partial charge >= 0.3 is 0 Å². The Morgan fingerprint density at radius 1 is 1.12 bits per heavy atom. The van der Waals surface area contributed by atoms with Crippen LogP contribution in [0.3, 0.4) is 0 Å². The minimum atomic E-state index is -0.796. The number of hydrogen-bond donors (Lipinski definition) is 1. The van der Waals surface area contributed by atoms with Crippen LogP contribution in [0.1, 0.15) is 23.6 Å². The van der Waals surface area contributed by atoms with Crippen LogP contribution in [-0.2, 0) is 9.59 Å². The molecule has 0 saturated carbocycles. The van der Waals surface area contributed by atoms with Crippen LogP contribution in [0.2, 0.25) is 5.02 Å². The van der Waals surface area contributed by atoms with Crippen LogP contribution in [0, 0.1) is 0 Å². The molecular weight excluding hydrogens is 432 g/mol. The summed E-state index contributed by atoms with van der Waals surface area (Å²) in [6.45, 7) is 1.18. The summed E-state index contributed by atoms with van der Waals surface area (Å²) < 4.78 is 10.5. The van der Waals surface area contributed by atoms with Crippen molar-refractivity contribution in [2.75, 3.05) is 41.4 Å². The summed E-state index contributed by atoms with van der Waals surface area (Å²) in [6.07, 6.45) is 0.692. The summed E-state index contributed by atoms with van der Waals surface area (Å²) in [5.41, 5.74) is 0.782. The number of likely N-dealkylation sites (tertiary alicyclic amines) is 1. The van der Waals surface area contributed by atoms with Gasteiger partial charge in [-0.1, -0.05) is 35.6 Å². The van der Waals surface area contributed by atoms with E-state index in [4.69, 9.17) is 21.1 Å². The van der Waals surface area contributed by atoms with Crippen LogP contribution in [-0.4, -0.2) is 58.0 Å². The second-order valence-corrected chi connectivity index (χ2v) is 8.32. The van der Waals surface area contributed by atoms with E-state index in [0.29, 0.717) is 30.0 Å². The predicted molar refractivity (Wildman–Crippen MR) is 120 cm³/mol. The zero-order chi connectivity index (χ0) is 23.4. The number of rotatable bonds is 8. The minimum absolute atomic E-state index is 0.0818. The average Bonchev–Trinajstić information content (AvgIpc) is 3.03. The molecule has 1 amide bonds. The third-order valence-corrected chi connectivity index (χ3v) is 5.72. The van der Waals surface area contributed by atoms with E-state index >= 15 is 0 Å². The first-order valence-electron chi connectivity index (χ1n) is 10.3. The Morgan fingerprint density at radius 3 is 2.50 bits per heavy atom. The maximum absolute atomic E-state index is 13.4. The molecule has 1 fully saturated rings. The molecule has 0 radical (unpaired) electrons. The fourth-order valence-electron chi connectivity index (χ4n) is 3.83. The minimum Gasteiger partial charge on any atom is -0.872 e. The number of methoxy groups -OCH3 is 2. The molecule has 1 aliphatic heterocycles. The van der Waals surface area contributed by atoms with E-state index in [1.54, 1.807) is 36.4 Å². The Morgan fingerprint density at radius 2 is 1.88 bits per heavy atom. The quantitative estimate of drug-likeness (QED) is 0.364. The van der Waals surface area contributed by atoms with Crippen LogP contribution in [0.5, 0.6) is 11.5 Å². The maximum atomic E-state index is 13.4. The van der Waals surface area contributed by atoms with Crippen LogP contribution in [0.4, 0.5) is 0 Å². The van der Waals surface area contributed by atoms with Gasteiger partial charge in [0.05, 0.1) is 45.9 Å². The van der Waals surface area contributed by atoms with Crippen LogP contribution < -0.4 is 19.5 Å². The van der Waals surface area contributed by atoms with Gasteiger partial charge in [-0.2, -0.15) is 0 Å². The van der Waals surface area contributed by atoms with Crippen LogP contribution in [0.25, 0.3) is 5.76 Å². The fraction of sp³-hybridized carbons (Fsp3) is 0.333. The van der Waals surface area contributed by atoms with Gasteiger partial charge in [-0.15, -0.1) is 0 Å². The zero-order valence-corrected chi connectivity index (χ0v) is 19.4. The predicted octanol–water partition coefficient (Wildman–Crippen LogP) is 1.12. The highest BCUT2D eigenvalue weighted by Gasteiger charge is 2.44. The molecule has 2 aromatic rings. The first-order valence-corrected chi connectivity index (χ1v) is 10.7. The summed E-state index contributed by atoms with van der Waals surface area (Å²) >= 11 is 6.20. The molecule has 1 heterocycles. The van der Waals surface area contributed by atoms with Crippen molar-refractivity contribution in [3.05, 3.63) is 64.2 Å². The van der Waals surface area contributed by atoms with E-state index < -0.39 is 23.5 Å². The second-order valence-electron chi connectivity index (χ2n) is 7.91. The van der Waals surface area contributed by atoms with E-state index in [1.807, 2.05) is 14.1 Å². The van der Waals surface area contributed by atoms with Crippen molar-refractivity contribution in [1.29, 1.82) is 0 Å². The standard InChI is InChI=1S/C24H27ClN2O5/c1-26(2)11-6-12-27-21(15-7-5-8-17(13-15)31-3)20(23(29)24(27)30)22(28)16-9-10-19(32-4)18(25)14-16/h5,7-10,13-14,21,28H,6,11-12H2,1-4H3. The summed E-state index contributed by atoms with van der Waals surface area (Å²) in [4.78, 5) is 28.7. The van der Waals surface area contributed by atoms with Gasteiger partial charge in [-0.05, 0) is 35.4 Å². The Labute approximate surface area is 192 Å². The molecule has 0 bridgehead atoms. The number of carbonyl (C=O) groups is 2. The third kappa shape index (κ3) is 4.74. The zero-order valence-electron chi connectivity index (χ0n) is 18.6. The van der Waals surface area contributed by atoms with E-state index in [0.717, 1.165) is 6.54 Å². The largest absolute Gasteiger partial charge is 0.872 e. The lowest BCUT2D eigenvalue weighted by molar-refractivity contribution is -0.858. The molecule has 7 nitrogen and oxygen atoms in total. The van der Waals surface area contributed by atoms with Crippen molar-refractivity contribution >= 4 is 29.1 Å². The lowest BCUT2D eigenvalue weighted by Gasteiger charge is -2.28. The van der Waals surface area contributed by atoms with Crippen molar-refractivity contribution in [3.8, 4) is 11.5 Å². The SMILES string of the molecule is COc1cccc(C2C(=C([O-])c3ccc(OC)c(Cl)c3)C(=O)C(=O)N2CCC[NH+](C)C)c1. The van der Waals surface area contributed by atoms with Crippen molar-refractivity contribution in [3.63, 3.8) is 0 Å². The molecule has 1 N–H and O–H groups in total. The van der Waals surface area contributed by atoms with E-state index in [2.05, 4.69) is 0 Å². The van der Waals surface area contributed by atoms with Gasteiger partial charge in [0.25, 0.3) is 5.91 Å². The topological polar surface area (TPSA) is 83.3 Å². The maximum Gasteiger partial charge on any atom is 0.295 e. The lowest BCUT2D eigenvalue weighted by atomic mass is 9.95. The fourth-order valence-corrected chi connectivity index (χ4v) is 4.08. The Balaban J connectivity index is 2.12. The average molecular weight is 459 g/mol. The molecule has 170 valence electrons. The molecule has 1 unspecified atom stereocenters. The number of Topliss-reactive ketones (excluding diaryl/α,β-unsaturated/α-hetero) is 1. The number of ether oxygens (including phenoxy) is 2. The van der Waals surface area contributed by atoms with Gasteiger partial charge in [0.1, 0.15) is 11.5 Å². The Bertz CT molecular complexity index is 1050. The molecule has 1 aliphatic rings. The lowest BCUT2D eigenvalue weighted by Crippen LogP contribution is -3.05. The number of nitrogens with zero attached hydrogens (tertiary/aromatic N) is 1. The molecule has 1 atom stereocenters. The molecular formula is C24H27ClN2O5.